The third-order valence-electron chi connectivity index (χ3n) is 4.95. The molecule has 22 heavy (non-hydrogen) atoms. The predicted molar refractivity (Wildman–Crippen MR) is 90.1 cm³/mol. The SMILES string of the molecule is C[C@H](c1cccc(Cl)c1)N1CCN([C@H]2CCS(=O)(=O)C2)CC1. The smallest absolute Gasteiger partial charge is 0.151 e. The van der Waals surface area contributed by atoms with Crippen molar-refractivity contribution < 1.29 is 8.42 Å². The molecule has 2 saturated heterocycles. The normalized spacial score (nSPS) is 27.8. The van der Waals surface area contributed by atoms with Gasteiger partial charge in [0.1, 0.15) is 0 Å². The first kappa shape index (κ1) is 16.2. The fraction of sp³-hybridized carbons (Fsp3) is 0.625. The summed E-state index contributed by atoms with van der Waals surface area (Å²) in [4.78, 5) is 4.80. The van der Waals surface area contributed by atoms with Crippen molar-refractivity contribution in [2.75, 3.05) is 37.7 Å². The lowest BCUT2D eigenvalue weighted by Gasteiger charge is -2.40. The Labute approximate surface area is 138 Å². The minimum atomic E-state index is -2.79. The highest BCUT2D eigenvalue weighted by molar-refractivity contribution is 7.91. The number of hydrogen-bond acceptors (Lipinski definition) is 4. The quantitative estimate of drug-likeness (QED) is 0.844. The molecule has 0 radical (unpaired) electrons. The maximum atomic E-state index is 11.6. The van der Waals surface area contributed by atoms with Crippen molar-refractivity contribution in [2.45, 2.75) is 25.4 Å². The molecule has 6 heteroatoms. The van der Waals surface area contributed by atoms with Gasteiger partial charge in [-0.15, -0.1) is 0 Å². The molecule has 0 N–H and O–H groups in total. The van der Waals surface area contributed by atoms with Crippen LogP contribution in [0.1, 0.15) is 24.9 Å². The largest absolute Gasteiger partial charge is 0.297 e. The highest BCUT2D eigenvalue weighted by atomic mass is 35.5. The van der Waals surface area contributed by atoms with E-state index in [-0.39, 0.29) is 6.04 Å². The summed E-state index contributed by atoms with van der Waals surface area (Å²) in [6, 6.07) is 8.61. The topological polar surface area (TPSA) is 40.6 Å². The summed E-state index contributed by atoms with van der Waals surface area (Å²) in [6.07, 6.45) is 0.798. The Kier molecular flexibility index (Phi) is 4.78. The minimum absolute atomic E-state index is 0.230. The molecule has 4 nitrogen and oxygen atoms in total. The van der Waals surface area contributed by atoms with Crippen LogP contribution in [0.25, 0.3) is 0 Å². The molecule has 2 aliphatic heterocycles. The molecule has 0 aliphatic carbocycles. The summed E-state index contributed by atoms with van der Waals surface area (Å²) in [5.74, 6) is 0.702. The van der Waals surface area contributed by atoms with Gasteiger partial charge >= 0.3 is 0 Å². The lowest BCUT2D eigenvalue weighted by molar-refractivity contribution is 0.0803. The van der Waals surface area contributed by atoms with E-state index in [1.165, 1.54) is 5.56 Å². The summed E-state index contributed by atoms with van der Waals surface area (Å²) >= 11 is 6.08. The van der Waals surface area contributed by atoms with Gasteiger partial charge in [0.25, 0.3) is 0 Å². The molecule has 2 heterocycles. The van der Waals surface area contributed by atoms with E-state index in [0.717, 1.165) is 37.6 Å². The molecule has 0 unspecified atom stereocenters. The second-order valence-corrected chi connectivity index (χ2v) is 9.02. The zero-order valence-corrected chi connectivity index (χ0v) is 14.5. The van der Waals surface area contributed by atoms with Gasteiger partial charge in [0, 0.05) is 43.3 Å². The molecule has 0 bridgehead atoms. The molecule has 2 aliphatic rings. The Balaban J connectivity index is 1.58. The average Bonchev–Trinajstić information content (AvgIpc) is 2.87. The van der Waals surface area contributed by atoms with Crippen molar-refractivity contribution in [3.63, 3.8) is 0 Å². The van der Waals surface area contributed by atoms with E-state index in [1.807, 2.05) is 18.2 Å². The molecular formula is C16H23ClN2O2S. The highest BCUT2D eigenvalue weighted by Gasteiger charge is 2.34. The van der Waals surface area contributed by atoms with Gasteiger partial charge in [0.05, 0.1) is 11.5 Å². The number of halogens is 1. The molecule has 0 amide bonds. The van der Waals surface area contributed by atoms with Gasteiger partial charge in [-0.2, -0.15) is 0 Å². The van der Waals surface area contributed by atoms with Crippen molar-refractivity contribution in [2.24, 2.45) is 0 Å². The van der Waals surface area contributed by atoms with E-state index in [2.05, 4.69) is 22.8 Å². The Morgan fingerprint density at radius 1 is 1.23 bits per heavy atom. The predicted octanol–water partition coefficient (Wildman–Crippen LogP) is 2.21. The van der Waals surface area contributed by atoms with Crippen molar-refractivity contribution in [3.05, 3.63) is 34.9 Å². The van der Waals surface area contributed by atoms with Crippen molar-refractivity contribution in [1.29, 1.82) is 0 Å². The van der Waals surface area contributed by atoms with Gasteiger partial charge in [-0.1, -0.05) is 23.7 Å². The molecule has 1 aromatic carbocycles. The molecule has 122 valence electrons. The van der Waals surface area contributed by atoms with Crippen LogP contribution in [0.15, 0.2) is 24.3 Å². The summed E-state index contributed by atoms with van der Waals surface area (Å²) in [5.41, 5.74) is 1.24. The number of sulfone groups is 1. The summed E-state index contributed by atoms with van der Waals surface area (Å²) in [6.45, 7) is 6.06. The van der Waals surface area contributed by atoms with E-state index in [9.17, 15) is 8.42 Å². The first-order valence-electron chi connectivity index (χ1n) is 7.88. The second-order valence-electron chi connectivity index (χ2n) is 6.36. The van der Waals surface area contributed by atoms with Crippen LogP contribution in [0.3, 0.4) is 0 Å². The zero-order valence-electron chi connectivity index (χ0n) is 12.9. The van der Waals surface area contributed by atoms with Gasteiger partial charge in [0.15, 0.2) is 9.84 Å². The molecule has 2 fully saturated rings. The standard InChI is InChI=1S/C16H23ClN2O2S/c1-13(14-3-2-4-15(17)11-14)18-6-8-19(9-7-18)16-5-10-22(20,21)12-16/h2-4,11,13,16H,5-10,12H2,1H3/t13-,16+/m1/s1. The molecule has 2 atom stereocenters. The summed E-state index contributed by atoms with van der Waals surface area (Å²) in [5, 5.41) is 0.777. The average molecular weight is 343 g/mol. The third kappa shape index (κ3) is 3.65. The molecule has 1 aromatic rings. The number of benzene rings is 1. The Morgan fingerprint density at radius 3 is 2.55 bits per heavy atom. The van der Waals surface area contributed by atoms with Gasteiger partial charge < -0.3 is 0 Å². The van der Waals surface area contributed by atoms with E-state index < -0.39 is 9.84 Å². The Morgan fingerprint density at radius 2 is 1.95 bits per heavy atom. The maximum absolute atomic E-state index is 11.6. The summed E-state index contributed by atoms with van der Waals surface area (Å²) in [7, 11) is -2.79. The Bertz CT molecular complexity index is 627. The van der Waals surface area contributed by atoms with Gasteiger partial charge in [0.2, 0.25) is 0 Å². The number of hydrogen-bond donors (Lipinski definition) is 0. The molecule has 0 aromatic heterocycles. The number of rotatable bonds is 3. The Hall–Kier alpha value is -0.620. The maximum Gasteiger partial charge on any atom is 0.151 e. The monoisotopic (exact) mass is 342 g/mol. The van der Waals surface area contributed by atoms with Crippen LogP contribution < -0.4 is 0 Å². The van der Waals surface area contributed by atoms with Crippen molar-refractivity contribution in [1.82, 2.24) is 9.80 Å². The second kappa shape index (κ2) is 6.48. The molecule has 3 rings (SSSR count). The highest BCUT2D eigenvalue weighted by Crippen LogP contribution is 2.26. The molecule has 0 spiro atoms. The van der Waals surface area contributed by atoms with E-state index >= 15 is 0 Å². The van der Waals surface area contributed by atoms with Crippen molar-refractivity contribution >= 4 is 21.4 Å². The summed E-state index contributed by atoms with van der Waals surface area (Å²) < 4.78 is 23.2. The van der Waals surface area contributed by atoms with Crippen LogP contribution in [0.2, 0.25) is 5.02 Å². The minimum Gasteiger partial charge on any atom is -0.297 e. The fourth-order valence-electron chi connectivity index (χ4n) is 3.53. The van der Waals surface area contributed by atoms with E-state index in [4.69, 9.17) is 11.6 Å². The van der Waals surface area contributed by atoms with Crippen LogP contribution in [0, 0.1) is 0 Å². The molecular weight excluding hydrogens is 320 g/mol. The van der Waals surface area contributed by atoms with E-state index in [0.29, 0.717) is 17.5 Å². The van der Waals surface area contributed by atoms with Crippen LogP contribution in [-0.4, -0.2) is 61.9 Å². The lowest BCUT2D eigenvalue weighted by atomic mass is 10.1. The van der Waals surface area contributed by atoms with Gasteiger partial charge in [-0.25, -0.2) is 8.42 Å². The van der Waals surface area contributed by atoms with Crippen LogP contribution in [0.5, 0.6) is 0 Å². The lowest BCUT2D eigenvalue weighted by Crippen LogP contribution is -2.51. The van der Waals surface area contributed by atoms with Crippen LogP contribution in [0.4, 0.5) is 0 Å². The van der Waals surface area contributed by atoms with Crippen LogP contribution >= 0.6 is 11.6 Å². The van der Waals surface area contributed by atoms with Crippen molar-refractivity contribution in [3.8, 4) is 0 Å². The number of nitrogens with zero attached hydrogens (tertiary/aromatic N) is 2. The zero-order chi connectivity index (χ0) is 15.7. The van der Waals surface area contributed by atoms with E-state index in [1.54, 1.807) is 0 Å². The fourth-order valence-corrected chi connectivity index (χ4v) is 5.49. The third-order valence-corrected chi connectivity index (χ3v) is 6.94. The van der Waals surface area contributed by atoms with Crippen LogP contribution in [-0.2, 0) is 9.84 Å². The first-order valence-corrected chi connectivity index (χ1v) is 10.1. The first-order chi connectivity index (χ1) is 10.4. The van der Waals surface area contributed by atoms with Gasteiger partial charge in [-0.05, 0) is 31.0 Å². The molecule has 0 saturated carbocycles. The van der Waals surface area contributed by atoms with Gasteiger partial charge in [-0.3, -0.25) is 9.80 Å². The number of piperazine rings is 1.